The number of hydrogen-bond donors (Lipinski definition) is 1. The molecule has 21 heavy (non-hydrogen) atoms. The van der Waals surface area contributed by atoms with Crippen molar-refractivity contribution in [1.29, 1.82) is 0 Å². The molecular formula is C19H28N2. The van der Waals surface area contributed by atoms with Gasteiger partial charge in [-0.2, -0.15) is 0 Å². The second kappa shape index (κ2) is 7.58. The van der Waals surface area contributed by atoms with Crippen molar-refractivity contribution in [1.82, 2.24) is 10.2 Å². The van der Waals surface area contributed by atoms with E-state index in [1.165, 1.54) is 29.2 Å². The number of benzene rings is 2. The highest BCUT2D eigenvalue weighted by Crippen LogP contribution is 2.25. The molecule has 0 saturated carbocycles. The molecule has 2 heteroatoms. The molecule has 1 N–H and O–H groups in total. The van der Waals surface area contributed by atoms with Crippen molar-refractivity contribution in [2.24, 2.45) is 0 Å². The predicted octanol–water partition coefficient (Wildman–Crippen LogP) is 4.22. The third kappa shape index (κ3) is 3.84. The molecule has 0 aliphatic carbocycles. The molecule has 2 atom stereocenters. The van der Waals surface area contributed by atoms with E-state index < -0.39 is 0 Å². The second-order valence-corrected chi connectivity index (χ2v) is 5.99. The first-order valence-corrected chi connectivity index (χ1v) is 8.02. The van der Waals surface area contributed by atoms with E-state index >= 15 is 0 Å². The van der Waals surface area contributed by atoms with Gasteiger partial charge < -0.3 is 10.2 Å². The SMILES string of the molecule is CCCC(C)N(C)CC(NC)c1cccc2ccccc12. The Labute approximate surface area is 129 Å². The fourth-order valence-corrected chi connectivity index (χ4v) is 3.01. The number of nitrogens with zero attached hydrogens (tertiary/aromatic N) is 1. The van der Waals surface area contributed by atoms with E-state index in [-0.39, 0.29) is 0 Å². The highest BCUT2D eigenvalue weighted by Gasteiger charge is 2.17. The van der Waals surface area contributed by atoms with Gasteiger partial charge in [-0.1, -0.05) is 55.8 Å². The molecule has 2 unspecified atom stereocenters. The highest BCUT2D eigenvalue weighted by molar-refractivity contribution is 5.86. The zero-order chi connectivity index (χ0) is 15.2. The number of likely N-dealkylation sites (N-methyl/N-ethyl adjacent to an activating group) is 2. The van der Waals surface area contributed by atoms with Gasteiger partial charge in [-0.25, -0.2) is 0 Å². The summed E-state index contributed by atoms with van der Waals surface area (Å²) in [4.78, 5) is 2.46. The number of nitrogens with one attached hydrogen (secondary N) is 1. The maximum atomic E-state index is 3.50. The summed E-state index contributed by atoms with van der Waals surface area (Å²) in [6, 6.07) is 16.2. The first-order valence-electron chi connectivity index (χ1n) is 8.02. The number of rotatable bonds is 7. The van der Waals surface area contributed by atoms with E-state index in [1.807, 2.05) is 0 Å². The Bertz CT molecular complexity index is 559. The monoisotopic (exact) mass is 284 g/mol. The molecule has 2 aromatic carbocycles. The van der Waals surface area contributed by atoms with Crippen LogP contribution in [0.15, 0.2) is 42.5 Å². The lowest BCUT2D eigenvalue weighted by Crippen LogP contribution is -2.36. The van der Waals surface area contributed by atoms with Crippen LogP contribution in [-0.2, 0) is 0 Å². The van der Waals surface area contributed by atoms with Crippen LogP contribution in [0.5, 0.6) is 0 Å². The minimum atomic E-state index is 0.361. The Morgan fingerprint density at radius 3 is 2.52 bits per heavy atom. The lowest BCUT2D eigenvalue weighted by atomic mass is 9.98. The molecule has 0 aromatic heterocycles. The minimum absolute atomic E-state index is 0.361. The molecule has 0 fully saturated rings. The van der Waals surface area contributed by atoms with Gasteiger partial charge in [0.1, 0.15) is 0 Å². The van der Waals surface area contributed by atoms with Crippen molar-refractivity contribution in [2.75, 3.05) is 20.6 Å². The molecule has 0 aliphatic heterocycles. The van der Waals surface area contributed by atoms with Gasteiger partial charge in [0, 0.05) is 18.6 Å². The van der Waals surface area contributed by atoms with Crippen LogP contribution in [0.25, 0.3) is 10.8 Å². The summed E-state index contributed by atoms with van der Waals surface area (Å²) in [6.45, 7) is 5.61. The van der Waals surface area contributed by atoms with Gasteiger partial charge in [-0.05, 0) is 43.8 Å². The Morgan fingerprint density at radius 1 is 1.10 bits per heavy atom. The number of hydrogen-bond acceptors (Lipinski definition) is 2. The molecule has 2 aromatic rings. The largest absolute Gasteiger partial charge is 0.312 e. The van der Waals surface area contributed by atoms with Gasteiger partial charge in [0.15, 0.2) is 0 Å². The van der Waals surface area contributed by atoms with Gasteiger partial charge in [0.25, 0.3) is 0 Å². The molecule has 2 nitrogen and oxygen atoms in total. The molecule has 2 rings (SSSR count). The van der Waals surface area contributed by atoms with Crippen molar-refractivity contribution in [3.8, 4) is 0 Å². The average Bonchev–Trinajstić information content (AvgIpc) is 2.52. The van der Waals surface area contributed by atoms with E-state index in [2.05, 4.69) is 80.6 Å². The van der Waals surface area contributed by atoms with Gasteiger partial charge in [-0.3, -0.25) is 0 Å². The topological polar surface area (TPSA) is 15.3 Å². The Morgan fingerprint density at radius 2 is 1.81 bits per heavy atom. The van der Waals surface area contributed by atoms with Crippen LogP contribution >= 0.6 is 0 Å². The fraction of sp³-hybridized carbons (Fsp3) is 0.474. The van der Waals surface area contributed by atoms with Gasteiger partial charge in [-0.15, -0.1) is 0 Å². The molecule has 0 spiro atoms. The van der Waals surface area contributed by atoms with E-state index in [4.69, 9.17) is 0 Å². The van der Waals surface area contributed by atoms with Crippen molar-refractivity contribution >= 4 is 10.8 Å². The van der Waals surface area contributed by atoms with Crippen molar-refractivity contribution in [2.45, 2.75) is 38.8 Å². The molecule has 0 heterocycles. The first-order chi connectivity index (χ1) is 10.2. The molecule has 0 saturated heterocycles. The highest BCUT2D eigenvalue weighted by atomic mass is 15.1. The summed E-state index contributed by atoms with van der Waals surface area (Å²) in [5, 5.41) is 6.17. The van der Waals surface area contributed by atoms with E-state index in [0.717, 1.165) is 6.54 Å². The summed E-state index contributed by atoms with van der Waals surface area (Å²) >= 11 is 0. The fourth-order valence-electron chi connectivity index (χ4n) is 3.01. The van der Waals surface area contributed by atoms with Crippen molar-refractivity contribution in [3.05, 3.63) is 48.0 Å². The Kier molecular flexibility index (Phi) is 5.77. The normalized spacial score (nSPS) is 14.5. The molecule has 0 bridgehead atoms. The molecule has 0 aliphatic rings. The summed E-state index contributed by atoms with van der Waals surface area (Å²) in [6.07, 6.45) is 2.49. The lowest BCUT2D eigenvalue weighted by molar-refractivity contribution is 0.222. The van der Waals surface area contributed by atoms with Crippen LogP contribution in [0, 0.1) is 0 Å². The summed E-state index contributed by atoms with van der Waals surface area (Å²) < 4.78 is 0. The predicted molar refractivity (Wildman–Crippen MR) is 92.7 cm³/mol. The Hall–Kier alpha value is -1.38. The molecular weight excluding hydrogens is 256 g/mol. The van der Waals surface area contributed by atoms with Gasteiger partial charge in [0.05, 0.1) is 0 Å². The van der Waals surface area contributed by atoms with E-state index in [9.17, 15) is 0 Å². The smallest absolute Gasteiger partial charge is 0.0453 e. The standard InChI is InChI=1S/C19H28N2/c1-5-9-15(2)21(4)14-19(20-3)18-13-8-11-16-10-6-7-12-17(16)18/h6-8,10-13,15,19-20H,5,9,14H2,1-4H3. The van der Waals surface area contributed by atoms with Crippen LogP contribution < -0.4 is 5.32 Å². The molecule has 114 valence electrons. The Balaban J connectivity index is 2.23. The maximum Gasteiger partial charge on any atom is 0.0453 e. The van der Waals surface area contributed by atoms with E-state index in [0.29, 0.717) is 12.1 Å². The van der Waals surface area contributed by atoms with E-state index in [1.54, 1.807) is 0 Å². The summed E-state index contributed by atoms with van der Waals surface area (Å²) in [7, 11) is 4.29. The van der Waals surface area contributed by atoms with Crippen molar-refractivity contribution < 1.29 is 0 Å². The quantitative estimate of drug-likeness (QED) is 0.819. The zero-order valence-corrected chi connectivity index (χ0v) is 13.8. The maximum absolute atomic E-state index is 3.50. The van der Waals surface area contributed by atoms with Gasteiger partial charge in [0.2, 0.25) is 0 Å². The van der Waals surface area contributed by atoms with Crippen molar-refractivity contribution in [3.63, 3.8) is 0 Å². The van der Waals surface area contributed by atoms with Crippen LogP contribution in [0.1, 0.15) is 38.3 Å². The number of fused-ring (bicyclic) bond motifs is 1. The van der Waals surface area contributed by atoms with Gasteiger partial charge >= 0.3 is 0 Å². The summed E-state index contributed by atoms with van der Waals surface area (Å²) in [5.74, 6) is 0. The third-order valence-electron chi connectivity index (χ3n) is 4.48. The average molecular weight is 284 g/mol. The molecule has 0 radical (unpaired) electrons. The minimum Gasteiger partial charge on any atom is -0.312 e. The van der Waals surface area contributed by atoms with Crippen LogP contribution in [0.3, 0.4) is 0 Å². The van der Waals surface area contributed by atoms with Crippen LogP contribution in [0.2, 0.25) is 0 Å². The third-order valence-corrected chi connectivity index (χ3v) is 4.48. The summed E-state index contributed by atoms with van der Waals surface area (Å²) in [5.41, 5.74) is 1.39. The van der Waals surface area contributed by atoms with Crippen LogP contribution in [-0.4, -0.2) is 31.6 Å². The molecule has 0 amide bonds. The van der Waals surface area contributed by atoms with Crippen LogP contribution in [0.4, 0.5) is 0 Å². The zero-order valence-electron chi connectivity index (χ0n) is 13.8. The first kappa shape index (κ1) is 16.0. The second-order valence-electron chi connectivity index (χ2n) is 5.99. The lowest BCUT2D eigenvalue weighted by Gasteiger charge is -2.29.